The van der Waals surface area contributed by atoms with Crippen LogP contribution in [0.25, 0.3) is 0 Å². The van der Waals surface area contributed by atoms with Crippen molar-refractivity contribution in [2.45, 2.75) is 174 Å². The molecule has 2 bridgehead atoms. The molecule has 53 heavy (non-hydrogen) atoms. The molecule has 1 saturated heterocycles. The summed E-state index contributed by atoms with van der Waals surface area (Å²) in [4.78, 5) is 14.6. The highest BCUT2D eigenvalue weighted by molar-refractivity contribution is 9.11. The minimum Gasteiger partial charge on any atom is -0.496 e. The first-order valence-corrected chi connectivity index (χ1v) is 20.0. The van der Waals surface area contributed by atoms with E-state index in [0.717, 1.165) is 5.57 Å². The van der Waals surface area contributed by atoms with E-state index in [4.69, 9.17) is 14.2 Å². The SMILES string of the molecule is C=C(CC(O)CC(O)C(C)C(O)CC(O)C(C)(C)C(O)C/C(C)=C\C(O)[C@@]1(C)O[C@H]2CC(C)CC(O)CC(C)C/C(C)=C/C(=O)O[C@@H]1C2)/C(=C\Br)OC. The molecule has 7 N–H and O–H groups in total. The lowest BCUT2D eigenvalue weighted by Gasteiger charge is -2.38. The van der Waals surface area contributed by atoms with Crippen LogP contribution in [-0.2, 0) is 19.0 Å². The van der Waals surface area contributed by atoms with Crippen LogP contribution >= 0.6 is 15.9 Å². The van der Waals surface area contributed by atoms with E-state index in [-0.39, 0.29) is 43.6 Å². The number of hydrogen-bond acceptors (Lipinski definition) is 11. The van der Waals surface area contributed by atoms with Gasteiger partial charge >= 0.3 is 5.97 Å². The molecular weight excluding hydrogens is 748 g/mol. The lowest BCUT2D eigenvalue weighted by atomic mass is 9.75. The Morgan fingerprint density at radius 3 is 2.25 bits per heavy atom. The Labute approximate surface area is 325 Å². The molecule has 0 spiro atoms. The van der Waals surface area contributed by atoms with Gasteiger partial charge in [-0.2, -0.15) is 0 Å². The largest absolute Gasteiger partial charge is 0.496 e. The number of esters is 1. The molecule has 0 aromatic carbocycles. The van der Waals surface area contributed by atoms with Crippen LogP contribution in [-0.4, -0.2) is 109 Å². The summed E-state index contributed by atoms with van der Waals surface area (Å²) < 4.78 is 17.6. The van der Waals surface area contributed by atoms with Crippen LogP contribution in [0.2, 0.25) is 0 Å². The van der Waals surface area contributed by atoms with Gasteiger partial charge < -0.3 is 50.0 Å². The molecule has 12 heteroatoms. The van der Waals surface area contributed by atoms with E-state index in [1.807, 2.05) is 6.92 Å². The van der Waals surface area contributed by atoms with Gasteiger partial charge in [0.15, 0.2) is 0 Å². The smallest absolute Gasteiger partial charge is 0.331 e. The topological polar surface area (TPSA) is 186 Å². The van der Waals surface area contributed by atoms with Crippen molar-refractivity contribution in [1.82, 2.24) is 0 Å². The van der Waals surface area contributed by atoms with Gasteiger partial charge in [-0.15, -0.1) is 0 Å². The third kappa shape index (κ3) is 14.1. The fourth-order valence-electron chi connectivity index (χ4n) is 7.69. The summed E-state index contributed by atoms with van der Waals surface area (Å²) >= 11 is 3.19. The van der Waals surface area contributed by atoms with Gasteiger partial charge in [-0.3, -0.25) is 0 Å². The first kappa shape index (κ1) is 47.5. The second-order valence-corrected chi connectivity index (χ2v) is 17.4. The average Bonchev–Trinajstić information content (AvgIpc) is 3.34. The number of aliphatic hydroxyl groups is 7. The Balaban J connectivity index is 2.11. The Morgan fingerprint density at radius 2 is 1.64 bits per heavy atom. The molecule has 306 valence electrons. The number of ether oxygens (including phenoxy) is 3. The van der Waals surface area contributed by atoms with Gasteiger partial charge in [0.25, 0.3) is 0 Å². The van der Waals surface area contributed by atoms with Gasteiger partial charge in [0.1, 0.15) is 23.6 Å². The maximum absolute atomic E-state index is 13.0. The van der Waals surface area contributed by atoms with Crippen LogP contribution in [0.4, 0.5) is 0 Å². The van der Waals surface area contributed by atoms with Gasteiger partial charge in [0.05, 0.1) is 49.8 Å². The zero-order valence-electron chi connectivity index (χ0n) is 33.4. The zero-order valence-corrected chi connectivity index (χ0v) is 35.0. The molecule has 13 atom stereocenters. The minimum absolute atomic E-state index is 0.0217. The number of halogens is 1. The van der Waals surface area contributed by atoms with Crippen LogP contribution in [0.3, 0.4) is 0 Å². The molecular formula is C41H69BrO11. The third-order valence-electron chi connectivity index (χ3n) is 11.4. The van der Waals surface area contributed by atoms with Gasteiger partial charge in [-0.25, -0.2) is 4.79 Å². The number of carbonyl (C=O) groups excluding carboxylic acids is 1. The van der Waals surface area contributed by atoms with E-state index in [1.54, 1.807) is 45.7 Å². The summed E-state index contributed by atoms with van der Waals surface area (Å²) in [6.45, 7) is 18.4. The summed E-state index contributed by atoms with van der Waals surface area (Å²) in [5, 5.41) is 77.0. The number of carbonyl (C=O) groups is 1. The Hall–Kier alpha value is -1.61. The van der Waals surface area contributed by atoms with Crippen LogP contribution in [0.15, 0.2) is 46.2 Å². The quantitative estimate of drug-likeness (QED) is 0.0460. The van der Waals surface area contributed by atoms with Crippen molar-refractivity contribution in [2.24, 2.45) is 23.2 Å². The highest BCUT2D eigenvalue weighted by Gasteiger charge is 2.52. The van der Waals surface area contributed by atoms with Crippen LogP contribution in [0.5, 0.6) is 0 Å². The number of fused-ring (bicyclic) bond motifs is 2. The molecule has 2 rings (SSSR count). The zero-order chi connectivity index (χ0) is 40.4. The average molecular weight is 818 g/mol. The number of methoxy groups -OCH3 is 1. The van der Waals surface area contributed by atoms with E-state index in [1.165, 1.54) is 13.2 Å². The van der Waals surface area contributed by atoms with E-state index >= 15 is 0 Å². The number of allylic oxidation sites excluding steroid dienone is 2. The summed E-state index contributed by atoms with van der Waals surface area (Å²) in [5.41, 5.74) is -0.339. The Bertz CT molecular complexity index is 1280. The Kier molecular flexibility index (Phi) is 18.9. The number of rotatable bonds is 16. The molecule has 1 fully saturated rings. The fourth-order valence-corrected chi connectivity index (χ4v) is 8.20. The van der Waals surface area contributed by atoms with E-state index < -0.39 is 71.7 Å². The van der Waals surface area contributed by atoms with Crippen LogP contribution in [0.1, 0.15) is 113 Å². The van der Waals surface area contributed by atoms with Crippen molar-refractivity contribution in [3.05, 3.63) is 46.2 Å². The molecule has 0 aromatic heterocycles. The predicted molar refractivity (Wildman–Crippen MR) is 209 cm³/mol. The van der Waals surface area contributed by atoms with Crippen molar-refractivity contribution in [3.8, 4) is 0 Å². The molecule has 2 aliphatic heterocycles. The van der Waals surface area contributed by atoms with E-state index in [0.29, 0.717) is 49.0 Å². The normalized spacial score (nSPS) is 31.9. The number of hydrogen-bond donors (Lipinski definition) is 7. The maximum Gasteiger partial charge on any atom is 0.331 e. The van der Waals surface area contributed by atoms with Gasteiger partial charge in [0, 0.05) is 41.7 Å². The second kappa shape index (κ2) is 21.1. The van der Waals surface area contributed by atoms with Crippen molar-refractivity contribution < 1.29 is 54.8 Å². The first-order chi connectivity index (χ1) is 24.5. The molecule has 0 radical (unpaired) electrons. The third-order valence-corrected chi connectivity index (χ3v) is 11.9. The fraction of sp³-hybridized carbons (Fsp3) is 0.780. The van der Waals surface area contributed by atoms with Crippen molar-refractivity contribution >= 4 is 21.9 Å². The maximum atomic E-state index is 13.0. The first-order valence-electron chi connectivity index (χ1n) is 19.1. The molecule has 11 nitrogen and oxygen atoms in total. The van der Waals surface area contributed by atoms with Gasteiger partial charge in [0.2, 0.25) is 0 Å². The molecule has 0 aliphatic carbocycles. The molecule has 2 heterocycles. The van der Waals surface area contributed by atoms with E-state index in [2.05, 4.69) is 36.4 Å². The molecule has 0 saturated carbocycles. The van der Waals surface area contributed by atoms with Gasteiger partial charge in [-0.1, -0.05) is 74.3 Å². The summed E-state index contributed by atoms with van der Waals surface area (Å²) in [7, 11) is 1.48. The van der Waals surface area contributed by atoms with Crippen LogP contribution in [0, 0.1) is 23.2 Å². The lowest BCUT2D eigenvalue weighted by Crippen LogP contribution is -2.48. The number of aliphatic hydroxyl groups excluding tert-OH is 7. The highest BCUT2D eigenvalue weighted by Crippen LogP contribution is 2.41. The van der Waals surface area contributed by atoms with Crippen molar-refractivity contribution in [1.29, 1.82) is 0 Å². The van der Waals surface area contributed by atoms with Crippen molar-refractivity contribution in [2.75, 3.05) is 7.11 Å². The van der Waals surface area contributed by atoms with Crippen molar-refractivity contribution in [3.63, 3.8) is 0 Å². The second-order valence-electron chi connectivity index (χ2n) is 17.0. The highest BCUT2D eigenvalue weighted by atomic mass is 79.9. The summed E-state index contributed by atoms with van der Waals surface area (Å²) in [6.07, 6.45) is -1.94. The van der Waals surface area contributed by atoms with E-state index in [9.17, 15) is 40.5 Å². The standard InChI is InChI=1S/C41H69BrO11/c1-23-11-24(2)17-39(50)52-38-20-31(14-25(3)13-29(43)12-23)53-41(38,9)37(49)16-26(4)15-35(47)40(7,8)36(48)21-33(46)28(6)32(45)19-30(44)18-27(5)34(22-42)51-10/h16-17,22-23,25,28-33,35-38,43-49H,5,11-15,18-21H2,1-4,6-10H3/b24-17+,26-16-,34-22+/t23?,25?,28?,29?,30?,31-,32?,33?,35?,36?,37?,38+,41+/m0/s1. The summed E-state index contributed by atoms with van der Waals surface area (Å²) in [5.74, 6) is -0.376. The summed E-state index contributed by atoms with van der Waals surface area (Å²) in [6, 6.07) is 0. The van der Waals surface area contributed by atoms with Crippen LogP contribution < -0.4 is 0 Å². The molecule has 0 aromatic rings. The van der Waals surface area contributed by atoms with Gasteiger partial charge in [-0.05, 0) is 76.7 Å². The Morgan fingerprint density at radius 1 is 1.04 bits per heavy atom. The minimum atomic E-state index is -1.27. The monoisotopic (exact) mass is 816 g/mol. The molecule has 0 amide bonds. The predicted octanol–water partition coefficient (Wildman–Crippen LogP) is 5.37. The lowest BCUT2D eigenvalue weighted by molar-refractivity contribution is -0.164. The molecule has 10 unspecified atom stereocenters. The molecule has 2 aliphatic rings.